The lowest BCUT2D eigenvalue weighted by atomic mass is 9.88. The third-order valence-corrected chi connectivity index (χ3v) is 4.50. The molecule has 1 aromatic carbocycles. The third kappa shape index (κ3) is 2.68. The summed E-state index contributed by atoms with van der Waals surface area (Å²) in [7, 11) is 1.74. The van der Waals surface area contributed by atoms with E-state index in [0.29, 0.717) is 16.4 Å². The molecule has 1 amide bonds. The normalized spacial score (nSPS) is 17.4. The van der Waals surface area contributed by atoms with Gasteiger partial charge in [0.2, 0.25) is 0 Å². The third-order valence-electron chi connectivity index (χ3n) is 4.05. The Hall–Kier alpha value is -1.81. The number of carbonyl (C=O) groups is 1. The van der Waals surface area contributed by atoms with Crippen LogP contribution >= 0.6 is 11.6 Å². The molecular weight excluding hydrogens is 286 g/mol. The monoisotopic (exact) mass is 303 g/mol. The molecule has 1 aromatic heterocycles. The standard InChI is InChI=1S/C16H18ClN3O/c1-10-14(17)15(20(2)19-10)16(21)18-13-8-7-11-5-3-4-6-12(11)9-13/h3-6,13H,7-9H2,1-2H3,(H,18,21)/t13-/m0/s1. The van der Waals surface area contributed by atoms with Crippen LogP contribution in [0.5, 0.6) is 0 Å². The van der Waals surface area contributed by atoms with Crippen molar-refractivity contribution in [2.75, 3.05) is 0 Å². The fraction of sp³-hybridized carbons (Fsp3) is 0.375. The van der Waals surface area contributed by atoms with Crippen molar-refractivity contribution in [1.82, 2.24) is 15.1 Å². The van der Waals surface area contributed by atoms with Crippen molar-refractivity contribution in [3.05, 3.63) is 51.8 Å². The van der Waals surface area contributed by atoms with Crippen LogP contribution in [0.25, 0.3) is 0 Å². The van der Waals surface area contributed by atoms with Gasteiger partial charge in [0.25, 0.3) is 5.91 Å². The molecule has 0 radical (unpaired) electrons. The molecule has 5 heteroatoms. The highest BCUT2D eigenvalue weighted by molar-refractivity contribution is 6.34. The van der Waals surface area contributed by atoms with Crippen molar-refractivity contribution >= 4 is 17.5 Å². The van der Waals surface area contributed by atoms with E-state index in [1.54, 1.807) is 18.7 Å². The van der Waals surface area contributed by atoms with E-state index < -0.39 is 0 Å². The molecule has 110 valence electrons. The van der Waals surface area contributed by atoms with E-state index in [1.165, 1.54) is 11.1 Å². The van der Waals surface area contributed by atoms with E-state index in [9.17, 15) is 4.79 Å². The Balaban J connectivity index is 1.75. The lowest BCUT2D eigenvalue weighted by Gasteiger charge is -2.25. The van der Waals surface area contributed by atoms with Crippen molar-refractivity contribution in [3.8, 4) is 0 Å². The highest BCUT2D eigenvalue weighted by atomic mass is 35.5. The van der Waals surface area contributed by atoms with Crippen molar-refractivity contribution in [2.45, 2.75) is 32.2 Å². The Morgan fingerprint density at radius 3 is 2.76 bits per heavy atom. The Morgan fingerprint density at radius 2 is 2.10 bits per heavy atom. The number of nitrogens with zero attached hydrogens (tertiary/aromatic N) is 2. The molecule has 0 aliphatic heterocycles. The lowest BCUT2D eigenvalue weighted by Crippen LogP contribution is -2.39. The number of aromatic nitrogens is 2. The van der Waals surface area contributed by atoms with Gasteiger partial charge in [-0.25, -0.2) is 0 Å². The summed E-state index contributed by atoms with van der Waals surface area (Å²) in [5, 5.41) is 7.71. The van der Waals surface area contributed by atoms with Gasteiger partial charge in [-0.3, -0.25) is 9.48 Å². The number of fused-ring (bicyclic) bond motifs is 1. The van der Waals surface area contributed by atoms with Gasteiger partial charge in [-0.15, -0.1) is 0 Å². The van der Waals surface area contributed by atoms with Crippen LogP contribution in [0.1, 0.15) is 33.7 Å². The predicted octanol–water partition coefficient (Wildman–Crippen LogP) is 2.67. The van der Waals surface area contributed by atoms with E-state index in [2.05, 4.69) is 28.6 Å². The minimum Gasteiger partial charge on any atom is -0.348 e. The second-order valence-electron chi connectivity index (χ2n) is 5.55. The van der Waals surface area contributed by atoms with Gasteiger partial charge in [0.05, 0.1) is 10.7 Å². The molecule has 1 N–H and O–H groups in total. The smallest absolute Gasteiger partial charge is 0.271 e. The van der Waals surface area contributed by atoms with Crippen LogP contribution in [-0.4, -0.2) is 21.7 Å². The number of aryl methyl sites for hydroxylation is 3. The Morgan fingerprint density at radius 1 is 1.38 bits per heavy atom. The van der Waals surface area contributed by atoms with Gasteiger partial charge in [0.15, 0.2) is 0 Å². The van der Waals surface area contributed by atoms with E-state index in [4.69, 9.17) is 11.6 Å². The summed E-state index contributed by atoms with van der Waals surface area (Å²) >= 11 is 6.16. The number of hydrogen-bond acceptors (Lipinski definition) is 2. The minimum atomic E-state index is -0.146. The molecule has 1 aliphatic carbocycles. The molecular formula is C16H18ClN3O. The second kappa shape index (κ2) is 5.53. The summed E-state index contributed by atoms with van der Waals surface area (Å²) in [5.41, 5.74) is 3.82. The summed E-state index contributed by atoms with van der Waals surface area (Å²) in [6.07, 6.45) is 2.83. The average molecular weight is 304 g/mol. The summed E-state index contributed by atoms with van der Waals surface area (Å²) in [4.78, 5) is 12.4. The van der Waals surface area contributed by atoms with Crippen molar-refractivity contribution in [3.63, 3.8) is 0 Å². The predicted molar refractivity (Wildman–Crippen MR) is 82.7 cm³/mol. The minimum absolute atomic E-state index is 0.146. The van der Waals surface area contributed by atoms with Gasteiger partial charge in [0.1, 0.15) is 5.69 Å². The molecule has 0 saturated heterocycles. The largest absolute Gasteiger partial charge is 0.348 e. The first kappa shape index (κ1) is 14.1. The fourth-order valence-corrected chi connectivity index (χ4v) is 3.20. The zero-order valence-electron chi connectivity index (χ0n) is 12.2. The van der Waals surface area contributed by atoms with Crippen molar-refractivity contribution < 1.29 is 4.79 Å². The highest BCUT2D eigenvalue weighted by Crippen LogP contribution is 2.23. The molecule has 3 rings (SSSR count). The van der Waals surface area contributed by atoms with Crippen LogP contribution in [0, 0.1) is 6.92 Å². The average Bonchev–Trinajstić information content (AvgIpc) is 2.72. The Bertz CT molecular complexity index is 693. The van der Waals surface area contributed by atoms with Crippen LogP contribution in [0.2, 0.25) is 5.02 Å². The number of halogens is 1. The zero-order chi connectivity index (χ0) is 15.0. The zero-order valence-corrected chi connectivity index (χ0v) is 12.9. The molecule has 21 heavy (non-hydrogen) atoms. The number of rotatable bonds is 2. The van der Waals surface area contributed by atoms with Crippen LogP contribution in [0.3, 0.4) is 0 Å². The molecule has 0 fully saturated rings. The van der Waals surface area contributed by atoms with Gasteiger partial charge in [0, 0.05) is 13.1 Å². The van der Waals surface area contributed by atoms with Crippen LogP contribution in [0.4, 0.5) is 0 Å². The Kier molecular flexibility index (Phi) is 3.72. The molecule has 1 atom stereocenters. The van der Waals surface area contributed by atoms with E-state index in [1.807, 2.05) is 6.07 Å². The van der Waals surface area contributed by atoms with E-state index in [-0.39, 0.29) is 11.9 Å². The fourth-order valence-electron chi connectivity index (χ4n) is 2.95. The number of nitrogens with one attached hydrogen (secondary N) is 1. The molecule has 0 bridgehead atoms. The first-order valence-electron chi connectivity index (χ1n) is 7.13. The molecule has 0 unspecified atom stereocenters. The SMILES string of the molecule is Cc1nn(C)c(C(=O)N[C@H]2CCc3ccccc3C2)c1Cl. The van der Waals surface area contributed by atoms with Crippen LogP contribution in [-0.2, 0) is 19.9 Å². The van der Waals surface area contributed by atoms with Crippen molar-refractivity contribution in [1.29, 1.82) is 0 Å². The molecule has 1 heterocycles. The number of amides is 1. The number of carbonyl (C=O) groups excluding carboxylic acids is 1. The first-order chi connectivity index (χ1) is 10.1. The molecule has 1 aliphatic rings. The van der Waals surface area contributed by atoms with Gasteiger partial charge in [-0.1, -0.05) is 35.9 Å². The summed E-state index contributed by atoms with van der Waals surface area (Å²) < 4.78 is 1.55. The molecule has 0 spiro atoms. The second-order valence-corrected chi connectivity index (χ2v) is 5.93. The highest BCUT2D eigenvalue weighted by Gasteiger charge is 2.24. The molecule has 0 saturated carbocycles. The van der Waals surface area contributed by atoms with Crippen LogP contribution in [0.15, 0.2) is 24.3 Å². The molecule has 2 aromatic rings. The number of benzene rings is 1. The van der Waals surface area contributed by atoms with E-state index in [0.717, 1.165) is 19.3 Å². The quantitative estimate of drug-likeness (QED) is 0.927. The molecule has 4 nitrogen and oxygen atoms in total. The summed E-state index contributed by atoms with van der Waals surface area (Å²) in [6, 6.07) is 8.56. The van der Waals surface area contributed by atoms with Gasteiger partial charge in [-0.05, 0) is 37.3 Å². The summed E-state index contributed by atoms with van der Waals surface area (Å²) in [6.45, 7) is 1.80. The van der Waals surface area contributed by atoms with Gasteiger partial charge in [-0.2, -0.15) is 5.10 Å². The maximum absolute atomic E-state index is 12.4. The van der Waals surface area contributed by atoms with Gasteiger partial charge < -0.3 is 5.32 Å². The first-order valence-corrected chi connectivity index (χ1v) is 7.51. The summed E-state index contributed by atoms with van der Waals surface area (Å²) in [5.74, 6) is -0.146. The lowest BCUT2D eigenvalue weighted by molar-refractivity contribution is 0.0924. The van der Waals surface area contributed by atoms with Crippen molar-refractivity contribution in [2.24, 2.45) is 7.05 Å². The topological polar surface area (TPSA) is 46.9 Å². The maximum atomic E-state index is 12.4. The van der Waals surface area contributed by atoms with Gasteiger partial charge >= 0.3 is 0 Å². The van der Waals surface area contributed by atoms with E-state index >= 15 is 0 Å². The number of hydrogen-bond donors (Lipinski definition) is 1. The maximum Gasteiger partial charge on any atom is 0.271 e. The Labute approximate surface area is 129 Å². The van der Waals surface area contributed by atoms with Crippen LogP contribution < -0.4 is 5.32 Å².